The third-order valence-corrected chi connectivity index (χ3v) is 6.85. The van der Waals surface area contributed by atoms with E-state index >= 15 is 0 Å². The monoisotopic (exact) mass is 418 g/mol. The van der Waals surface area contributed by atoms with Crippen LogP contribution in [0.15, 0.2) is 0 Å². The summed E-state index contributed by atoms with van der Waals surface area (Å²) < 4.78 is 11.5. The highest BCUT2D eigenvalue weighted by Crippen LogP contribution is 2.46. The first-order valence-electron chi connectivity index (χ1n) is 10.6. The molecule has 29 heavy (non-hydrogen) atoms. The van der Waals surface area contributed by atoms with Crippen molar-refractivity contribution in [2.75, 3.05) is 57.4 Å². The summed E-state index contributed by atoms with van der Waals surface area (Å²) in [6, 6.07) is 3.36. The van der Waals surface area contributed by atoms with Crippen molar-refractivity contribution >= 4 is 17.4 Å². The fraction of sp³-hybridized carbons (Fsp3) is 0.750. The van der Waals surface area contributed by atoms with Gasteiger partial charge in [-0.15, -0.1) is 0 Å². The molecule has 1 N–H and O–H groups in total. The van der Waals surface area contributed by atoms with Gasteiger partial charge in [0.1, 0.15) is 11.6 Å². The number of nitrogens with one attached hydrogen (secondary N) is 1. The van der Waals surface area contributed by atoms with Gasteiger partial charge in [0.05, 0.1) is 19.8 Å². The second kappa shape index (κ2) is 7.88. The molecule has 2 unspecified atom stereocenters. The van der Waals surface area contributed by atoms with E-state index in [0.29, 0.717) is 30.1 Å². The molecule has 9 heteroatoms. The normalized spacial score (nSPS) is 28.2. The molecule has 1 aromatic heterocycles. The highest BCUT2D eigenvalue weighted by molar-refractivity contribution is 6.30. The summed E-state index contributed by atoms with van der Waals surface area (Å²) in [5.74, 6) is 0.610. The molecule has 4 fully saturated rings. The number of hydrogen-bond donors (Lipinski definition) is 1. The molecular weight excluding hydrogens is 392 g/mol. The number of anilines is 1. The average Bonchev–Trinajstić information content (AvgIpc) is 3.42. The minimum atomic E-state index is 0.176. The SMILES string of the molecule is N#Cc1c(Cl)nc(OCC2(CN3CCOCC3)CC2)nc1N1CC2CCC(C1)N2. The highest BCUT2D eigenvalue weighted by Gasteiger charge is 2.45. The predicted octanol–water partition coefficient (Wildman–Crippen LogP) is 1.43. The second-order valence-electron chi connectivity index (χ2n) is 8.83. The summed E-state index contributed by atoms with van der Waals surface area (Å²) in [5, 5.41) is 13.4. The van der Waals surface area contributed by atoms with Crippen molar-refractivity contribution in [3.8, 4) is 12.1 Å². The Kier molecular flexibility index (Phi) is 5.25. The minimum Gasteiger partial charge on any atom is -0.463 e. The van der Waals surface area contributed by atoms with Gasteiger partial charge in [0, 0.05) is 50.2 Å². The number of nitrogens with zero attached hydrogens (tertiary/aromatic N) is 5. The number of rotatable bonds is 6. The Labute approximate surface area is 176 Å². The number of nitriles is 1. The number of ether oxygens (including phenoxy) is 2. The summed E-state index contributed by atoms with van der Waals surface area (Å²) in [6.45, 7) is 6.85. The highest BCUT2D eigenvalue weighted by atomic mass is 35.5. The molecule has 0 spiro atoms. The minimum absolute atomic E-state index is 0.176. The van der Waals surface area contributed by atoms with Gasteiger partial charge in [0.2, 0.25) is 0 Å². The zero-order valence-corrected chi connectivity index (χ0v) is 17.3. The van der Waals surface area contributed by atoms with E-state index in [4.69, 9.17) is 21.1 Å². The Balaban J connectivity index is 1.29. The largest absolute Gasteiger partial charge is 0.463 e. The van der Waals surface area contributed by atoms with Crippen LogP contribution in [0, 0.1) is 16.7 Å². The predicted molar refractivity (Wildman–Crippen MR) is 108 cm³/mol. The molecule has 4 aliphatic rings. The molecule has 3 saturated heterocycles. The van der Waals surface area contributed by atoms with Gasteiger partial charge in [-0.2, -0.15) is 15.2 Å². The molecule has 1 saturated carbocycles. The molecule has 8 nitrogen and oxygen atoms in total. The molecule has 0 aromatic carbocycles. The first-order valence-corrected chi connectivity index (χ1v) is 10.9. The molecule has 2 atom stereocenters. The van der Waals surface area contributed by atoms with Crippen LogP contribution in [0.2, 0.25) is 5.15 Å². The van der Waals surface area contributed by atoms with Gasteiger partial charge < -0.3 is 19.7 Å². The average molecular weight is 419 g/mol. The second-order valence-corrected chi connectivity index (χ2v) is 9.19. The fourth-order valence-corrected chi connectivity index (χ4v) is 4.94. The Morgan fingerprint density at radius 2 is 1.93 bits per heavy atom. The van der Waals surface area contributed by atoms with Crippen molar-refractivity contribution in [1.29, 1.82) is 5.26 Å². The van der Waals surface area contributed by atoms with Crippen molar-refractivity contribution in [2.24, 2.45) is 5.41 Å². The van der Waals surface area contributed by atoms with Crippen molar-refractivity contribution in [3.63, 3.8) is 0 Å². The summed E-state index contributed by atoms with van der Waals surface area (Å²) in [7, 11) is 0. The van der Waals surface area contributed by atoms with Crippen molar-refractivity contribution in [2.45, 2.75) is 37.8 Å². The van der Waals surface area contributed by atoms with Gasteiger partial charge in [0.25, 0.3) is 0 Å². The lowest BCUT2D eigenvalue weighted by molar-refractivity contribution is 0.0231. The molecule has 1 aromatic rings. The molecular formula is C20H27ClN6O2. The standard InChI is InChI=1S/C20H27ClN6O2/c21-17-16(9-22)18(27-10-14-1-2-15(11-27)23-14)25-19(24-17)29-13-20(3-4-20)12-26-5-7-28-8-6-26/h14-15,23H,1-8,10-13H2. The molecule has 0 amide bonds. The van der Waals surface area contributed by atoms with E-state index in [-0.39, 0.29) is 16.6 Å². The third-order valence-electron chi connectivity index (χ3n) is 6.58. The lowest BCUT2D eigenvalue weighted by atomic mass is 10.1. The zero-order chi connectivity index (χ0) is 19.8. The maximum absolute atomic E-state index is 9.61. The summed E-state index contributed by atoms with van der Waals surface area (Å²) in [4.78, 5) is 13.5. The van der Waals surface area contributed by atoms with Crippen LogP contribution in [0.5, 0.6) is 6.01 Å². The first-order chi connectivity index (χ1) is 14.1. The van der Waals surface area contributed by atoms with Crippen LogP contribution in [0.4, 0.5) is 5.82 Å². The van der Waals surface area contributed by atoms with E-state index in [9.17, 15) is 5.26 Å². The fourth-order valence-electron chi connectivity index (χ4n) is 4.74. The van der Waals surface area contributed by atoms with Crippen molar-refractivity contribution in [1.82, 2.24) is 20.2 Å². The van der Waals surface area contributed by atoms with Crippen molar-refractivity contribution < 1.29 is 9.47 Å². The zero-order valence-electron chi connectivity index (χ0n) is 16.6. The Morgan fingerprint density at radius 3 is 2.59 bits per heavy atom. The maximum atomic E-state index is 9.61. The number of aromatic nitrogens is 2. The van der Waals surface area contributed by atoms with E-state index in [1.807, 2.05) is 0 Å². The lowest BCUT2D eigenvalue weighted by Crippen LogP contribution is -2.51. The molecule has 4 heterocycles. The van der Waals surface area contributed by atoms with Gasteiger partial charge in [-0.25, -0.2) is 0 Å². The van der Waals surface area contributed by atoms with Crippen LogP contribution < -0.4 is 15.0 Å². The maximum Gasteiger partial charge on any atom is 0.319 e. The summed E-state index contributed by atoms with van der Waals surface area (Å²) in [5.41, 5.74) is 0.518. The van der Waals surface area contributed by atoms with Crippen LogP contribution in [0.25, 0.3) is 0 Å². The van der Waals surface area contributed by atoms with E-state index in [0.717, 1.165) is 71.6 Å². The number of halogens is 1. The smallest absolute Gasteiger partial charge is 0.319 e. The quantitative estimate of drug-likeness (QED) is 0.694. The Bertz CT molecular complexity index is 793. The van der Waals surface area contributed by atoms with Gasteiger partial charge >= 0.3 is 6.01 Å². The van der Waals surface area contributed by atoms with E-state index in [1.165, 1.54) is 0 Å². The number of hydrogen-bond acceptors (Lipinski definition) is 8. The van der Waals surface area contributed by atoms with Crippen molar-refractivity contribution in [3.05, 3.63) is 10.7 Å². The number of fused-ring (bicyclic) bond motifs is 2. The molecule has 156 valence electrons. The van der Waals surface area contributed by atoms with Gasteiger partial charge in [-0.05, 0) is 25.7 Å². The lowest BCUT2D eigenvalue weighted by Gasteiger charge is -2.34. The van der Waals surface area contributed by atoms with Crippen LogP contribution in [0.3, 0.4) is 0 Å². The van der Waals surface area contributed by atoms with E-state index < -0.39 is 0 Å². The van der Waals surface area contributed by atoms with Crippen LogP contribution in [-0.4, -0.2) is 79.5 Å². The van der Waals surface area contributed by atoms with Gasteiger partial charge in [0.15, 0.2) is 11.0 Å². The third kappa shape index (κ3) is 4.15. The van der Waals surface area contributed by atoms with Gasteiger partial charge in [-0.1, -0.05) is 11.6 Å². The molecule has 5 rings (SSSR count). The molecule has 2 bridgehead atoms. The van der Waals surface area contributed by atoms with E-state index in [1.54, 1.807) is 0 Å². The van der Waals surface area contributed by atoms with Crippen LogP contribution >= 0.6 is 11.6 Å². The van der Waals surface area contributed by atoms with E-state index in [2.05, 4.69) is 31.2 Å². The molecule has 1 aliphatic carbocycles. The Morgan fingerprint density at radius 1 is 1.21 bits per heavy atom. The molecule has 0 radical (unpaired) electrons. The van der Waals surface area contributed by atoms with Gasteiger partial charge in [-0.3, -0.25) is 4.90 Å². The van der Waals surface area contributed by atoms with Crippen LogP contribution in [0.1, 0.15) is 31.2 Å². The summed E-state index contributed by atoms with van der Waals surface area (Å²) >= 11 is 6.35. The number of morpholine rings is 1. The Hall–Kier alpha value is -1.66. The molecule has 3 aliphatic heterocycles. The first kappa shape index (κ1) is 19.3. The number of piperazine rings is 1. The summed E-state index contributed by atoms with van der Waals surface area (Å²) in [6.07, 6.45) is 4.63. The van der Waals surface area contributed by atoms with Crippen LogP contribution in [-0.2, 0) is 4.74 Å². The topological polar surface area (TPSA) is 86.5 Å².